The molecular formula is C30H33N5O. The number of nitrogens with zero attached hydrogens (tertiary/aromatic N) is 2. The molecule has 2 heterocycles. The third-order valence-electron chi connectivity index (χ3n) is 6.90. The molecule has 0 aliphatic carbocycles. The topological polar surface area (TPSA) is 75.3 Å². The van der Waals surface area contributed by atoms with E-state index in [1.54, 1.807) is 0 Å². The van der Waals surface area contributed by atoms with Gasteiger partial charge in [0.1, 0.15) is 0 Å². The van der Waals surface area contributed by atoms with Crippen molar-refractivity contribution in [2.45, 2.75) is 40.4 Å². The third kappa shape index (κ3) is 4.99. The van der Waals surface area contributed by atoms with Crippen LogP contribution in [0.5, 0.6) is 0 Å². The van der Waals surface area contributed by atoms with Gasteiger partial charge in [0.2, 0.25) is 0 Å². The van der Waals surface area contributed by atoms with Crippen LogP contribution in [0.1, 0.15) is 45.4 Å². The van der Waals surface area contributed by atoms with Gasteiger partial charge in [0.15, 0.2) is 0 Å². The van der Waals surface area contributed by atoms with Gasteiger partial charge in [-0.1, -0.05) is 48.5 Å². The van der Waals surface area contributed by atoms with E-state index < -0.39 is 0 Å². The minimum Gasteiger partial charge on any atom is -0.398 e. The van der Waals surface area contributed by atoms with Gasteiger partial charge in [0.05, 0.1) is 12.1 Å². The predicted octanol–water partition coefficient (Wildman–Crippen LogP) is 5.04. The minimum atomic E-state index is -0.0566. The Kier molecular flexibility index (Phi) is 6.53. The summed E-state index contributed by atoms with van der Waals surface area (Å²) >= 11 is 0. The van der Waals surface area contributed by atoms with Crippen molar-refractivity contribution in [3.63, 3.8) is 0 Å². The number of amides is 1. The van der Waals surface area contributed by atoms with E-state index in [4.69, 9.17) is 5.73 Å². The maximum absolute atomic E-state index is 13.0. The smallest absolute Gasteiger partial charge is 0.253 e. The molecule has 0 atom stereocenters. The van der Waals surface area contributed by atoms with Gasteiger partial charge < -0.3 is 20.6 Å². The molecule has 0 saturated carbocycles. The first-order valence-corrected chi connectivity index (χ1v) is 12.3. The Morgan fingerprint density at radius 2 is 1.67 bits per heavy atom. The van der Waals surface area contributed by atoms with Gasteiger partial charge in [-0.25, -0.2) is 5.43 Å². The Balaban J connectivity index is 1.24. The van der Waals surface area contributed by atoms with E-state index in [9.17, 15) is 4.79 Å². The van der Waals surface area contributed by atoms with Crippen molar-refractivity contribution in [2.24, 2.45) is 0 Å². The van der Waals surface area contributed by atoms with E-state index in [-0.39, 0.29) is 5.91 Å². The van der Waals surface area contributed by atoms with Crippen LogP contribution in [-0.2, 0) is 19.6 Å². The molecule has 1 aromatic heterocycles. The second-order valence-electron chi connectivity index (χ2n) is 9.71. The number of aromatic nitrogens is 1. The summed E-state index contributed by atoms with van der Waals surface area (Å²) in [4.78, 5) is 13.0. The largest absolute Gasteiger partial charge is 0.398 e. The maximum atomic E-state index is 13.0. The fourth-order valence-electron chi connectivity index (χ4n) is 4.83. The van der Waals surface area contributed by atoms with E-state index in [0.717, 1.165) is 58.6 Å². The normalized spacial score (nSPS) is 13.3. The van der Waals surface area contributed by atoms with Crippen molar-refractivity contribution < 1.29 is 4.79 Å². The number of rotatable bonds is 7. The van der Waals surface area contributed by atoms with Crippen molar-refractivity contribution in [1.29, 1.82) is 0 Å². The Bertz CT molecular complexity index is 1450. The molecule has 0 unspecified atom stereocenters. The van der Waals surface area contributed by atoms with E-state index in [0.29, 0.717) is 6.54 Å². The number of hydrogen-bond acceptors (Lipinski definition) is 4. The third-order valence-corrected chi connectivity index (χ3v) is 6.90. The van der Waals surface area contributed by atoms with Gasteiger partial charge in [-0.05, 0) is 66.6 Å². The zero-order chi connectivity index (χ0) is 25.2. The molecule has 6 heteroatoms. The lowest BCUT2D eigenvalue weighted by molar-refractivity contribution is 0.0950. The highest BCUT2D eigenvalue weighted by Gasteiger charge is 2.16. The molecule has 4 N–H and O–H groups in total. The van der Waals surface area contributed by atoms with Crippen molar-refractivity contribution in [2.75, 3.05) is 12.3 Å². The first-order chi connectivity index (χ1) is 17.4. The number of hydrogen-bond donors (Lipinski definition) is 3. The van der Waals surface area contributed by atoms with Gasteiger partial charge in [-0.3, -0.25) is 4.79 Å². The number of benzene rings is 3. The molecule has 1 aliphatic rings. The standard InChI is InChI=1S/C30H33N5O/c1-20-15-33-34(17-20)18-23-7-9-24(10-8-23)19-35-21(2)13-28(22(35)3)30(36)32-16-25-11-12-27-26(14-25)5-4-6-29(27)31/h4-14,17,33H,15-16,18-19,31H2,1-3H3,(H,32,36). The number of carbonyl (C=O) groups excluding carboxylic acids is 1. The summed E-state index contributed by atoms with van der Waals surface area (Å²) in [6, 6.07) is 22.7. The lowest BCUT2D eigenvalue weighted by Gasteiger charge is -2.16. The molecule has 6 nitrogen and oxygen atoms in total. The molecule has 36 heavy (non-hydrogen) atoms. The molecule has 184 valence electrons. The highest BCUT2D eigenvalue weighted by Crippen LogP contribution is 2.22. The quantitative estimate of drug-likeness (QED) is 0.325. The minimum absolute atomic E-state index is 0.0566. The molecule has 0 radical (unpaired) electrons. The van der Waals surface area contributed by atoms with Gasteiger partial charge in [-0.15, -0.1) is 0 Å². The molecule has 1 amide bonds. The van der Waals surface area contributed by atoms with Crippen LogP contribution in [0.25, 0.3) is 10.8 Å². The number of fused-ring (bicyclic) bond motifs is 1. The summed E-state index contributed by atoms with van der Waals surface area (Å²) in [5.41, 5.74) is 17.8. The van der Waals surface area contributed by atoms with Crippen LogP contribution < -0.4 is 16.5 Å². The number of nitrogens with two attached hydrogens (primary N) is 1. The second-order valence-corrected chi connectivity index (χ2v) is 9.71. The highest BCUT2D eigenvalue weighted by molar-refractivity contribution is 5.96. The Hall–Kier alpha value is -4.03. The molecule has 0 bridgehead atoms. The summed E-state index contributed by atoms with van der Waals surface area (Å²) in [7, 11) is 0. The van der Waals surface area contributed by atoms with Gasteiger partial charge in [0, 0.05) is 48.3 Å². The van der Waals surface area contributed by atoms with E-state index >= 15 is 0 Å². The van der Waals surface area contributed by atoms with Crippen LogP contribution >= 0.6 is 0 Å². The van der Waals surface area contributed by atoms with Crippen LogP contribution in [0.3, 0.4) is 0 Å². The summed E-state index contributed by atoms with van der Waals surface area (Å²) in [5, 5.41) is 7.32. The van der Waals surface area contributed by atoms with E-state index in [2.05, 4.69) is 70.7 Å². The molecule has 3 aromatic carbocycles. The van der Waals surface area contributed by atoms with Crippen molar-refractivity contribution >= 4 is 22.4 Å². The second kappa shape index (κ2) is 9.91. The van der Waals surface area contributed by atoms with Crippen molar-refractivity contribution in [3.8, 4) is 0 Å². The van der Waals surface area contributed by atoms with Crippen LogP contribution in [0.15, 0.2) is 78.5 Å². The van der Waals surface area contributed by atoms with Crippen molar-refractivity contribution in [3.05, 3.63) is 112 Å². The Labute approximate surface area is 212 Å². The number of nitrogens with one attached hydrogen (secondary N) is 2. The van der Waals surface area contributed by atoms with E-state index in [1.165, 1.54) is 16.7 Å². The number of aryl methyl sites for hydroxylation is 1. The Morgan fingerprint density at radius 1 is 0.944 bits per heavy atom. The average molecular weight is 480 g/mol. The number of carbonyl (C=O) groups is 1. The zero-order valence-electron chi connectivity index (χ0n) is 21.1. The zero-order valence-corrected chi connectivity index (χ0v) is 21.1. The van der Waals surface area contributed by atoms with Gasteiger partial charge >= 0.3 is 0 Å². The fraction of sp³-hybridized carbons (Fsp3) is 0.233. The summed E-state index contributed by atoms with van der Waals surface area (Å²) in [5.74, 6) is -0.0566. The van der Waals surface area contributed by atoms with Gasteiger partial charge in [0.25, 0.3) is 5.91 Å². The highest BCUT2D eigenvalue weighted by atomic mass is 16.1. The fourth-order valence-corrected chi connectivity index (χ4v) is 4.83. The average Bonchev–Trinajstić information content (AvgIpc) is 3.41. The van der Waals surface area contributed by atoms with Crippen molar-refractivity contribution in [1.82, 2.24) is 20.3 Å². The lowest BCUT2D eigenvalue weighted by atomic mass is 10.1. The maximum Gasteiger partial charge on any atom is 0.253 e. The van der Waals surface area contributed by atoms with Crippen LogP contribution in [0, 0.1) is 13.8 Å². The molecule has 4 aromatic rings. The molecular weight excluding hydrogens is 446 g/mol. The molecule has 0 saturated heterocycles. The summed E-state index contributed by atoms with van der Waals surface area (Å²) < 4.78 is 2.21. The lowest BCUT2D eigenvalue weighted by Crippen LogP contribution is -2.28. The SMILES string of the molecule is CC1=CN(Cc2ccc(Cn3c(C)cc(C(=O)NCc4ccc5c(N)cccc5c4)c3C)cc2)NC1. The Morgan fingerprint density at radius 3 is 2.39 bits per heavy atom. The number of hydrazine groups is 1. The number of anilines is 1. The predicted molar refractivity (Wildman–Crippen MR) is 146 cm³/mol. The molecule has 0 fully saturated rings. The summed E-state index contributed by atoms with van der Waals surface area (Å²) in [6.45, 7) is 9.16. The van der Waals surface area contributed by atoms with Crippen LogP contribution in [-0.4, -0.2) is 22.0 Å². The molecule has 0 spiro atoms. The van der Waals surface area contributed by atoms with Gasteiger partial charge in [-0.2, -0.15) is 0 Å². The molecule has 1 aliphatic heterocycles. The summed E-state index contributed by atoms with van der Waals surface area (Å²) in [6.07, 6.45) is 2.16. The molecule has 5 rings (SSSR count). The van der Waals surface area contributed by atoms with E-state index in [1.807, 2.05) is 43.3 Å². The first kappa shape index (κ1) is 23.7. The monoisotopic (exact) mass is 479 g/mol. The van der Waals surface area contributed by atoms with Crippen LogP contribution in [0.2, 0.25) is 0 Å². The number of nitrogen functional groups attached to an aromatic ring is 1. The first-order valence-electron chi connectivity index (χ1n) is 12.3. The van der Waals surface area contributed by atoms with Crippen LogP contribution in [0.4, 0.5) is 5.69 Å².